The molecule has 1 aliphatic carbocycles. The van der Waals surface area contributed by atoms with E-state index in [9.17, 15) is 22.4 Å². The fourth-order valence-electron chi connectivity index (χ4n) is 6.05. The fourth-order valence-corrected chi connectivity index (χ4v) is 7.46. The third-order valence-corrected chi connectivity index (χ3v) is 10.4. The van der Waals surface area contributed by atoms with Crippen LogP contribution in [0.25, 0.3) is 0 Å². The number of hydrogen-bond acceptors (Lipinski definition) is 5. The van der Waals surface area contributed by atoms with Crippen molar-refractivity contribution in [2.75, 3.05) is 17.5 Å². The van der Waals surface area contributed by atoms with Crippen molar-refractivity contribution in [3.8, 4) is 5.75 Å². The predicted octanol–water partition coefficient (Wildman–Crippen LogP) is 6.65. The van der Waals surface area contributed by atoms with Crippen molar-refractivity contribution in [3.63, 3.8) is 0 Å². The number of halogens is 2. The molecular formula is C38H41F2N3O5S. The molecule has 0 bridgehead atoms. The Morgan fingerprint density at radius 2 is 1.51 bits per heavy atom. The van der Waals surface area contributed by atoms with E-state index in [0.717, 1.165) is 54.1 Å². The van der Waals surface area contributed by atoms with Gasteiger partial charge in [-0.25, -0.2) is 17.2 Å². The van der Waals surface area contributed by atoms with Gasteiger partial charge in [0.2, 0.25) is 11.8 Å². The molecular weight excluding hydrogens is 648 g/mol. The summed E-state index contributed by atoms with van der Waals surface area (Å²) in [6, 6.07) is 24.5. The van der Waals surface area contributed by atoms with E-state index in [1.165, 1.54) is 59.5 Å². The molecule has 0 saturated heterocycles. The van der Waals surface area contributed by atoms with Gasteiger partial charge in [0, 0.05) is 24.6 Å². The van der Waals surface area contributed by atoms with Gasteiger partial charge in [-0.3, -0.25) is 13.9 Å². The maximum absolute atomic E-state index is 15.2. The number of rotatable bonds is 14. The number of carbonyl (C=O) groups is 2. The van der Waals surface area contributed by atoms with E-state index in [-0.39, 0.29) is 35.2 Å². The maximum Gasteiger partial charge on any atom is 0.264 e. The highest BCUT2D eigenvalue weighted by molar-refractivity contribution is 7.92. The number of benzene rings is 4. The number of anilines is 1. The molecule has 1 N–H and O–H groups in total. The van der Waals surface area contributed by atoms with E-state index in [1.807, 2.05) is 30.3 Å². The van der Waals surface area contributed by atoms with Gasteiger partial charge in [-0.1, -0.05) is 67.8 Å². The van der Waals surface area contributed by atoms with Crippen LogP contribution in [0.1, 0.15) is 50.2 Å². The first kappa shape index (κ1) is 35.5. The molecule has 1 aliphatic rings. The molecule has 1 saturated carbocycles. The summed E-state index contributed by atoms with van der Waals surface area (Å²) >= 11 is 0. The van der Waals surface area contributed by atoms with Crippen molar-refractivity contribution in [3.05, 3.63) is 126 Å². The zero-order valence-electron chi connectivity index (χ0n) is 27.4. The number of nitrogens with zero attached hydrogens (tertiary/aromatic N) is 2. The summed E-state index contributed by atoms with van der Waals surface area (Å²) < 4.78 is 63.9. The molecule has 2 amide bonds. The predicted molar refractivity (Wildman–Crippen MR) is 184 cm³/mol. The van der Waals surface area contributed by atoms with Crippen molar-refractivity contribution in [1.82, 2.24) is 10.2 Å². The Kier molecular flexibility index (Phi) is 12.0. The topological polar surface area (TPSA) is 96.0 Å². The van der Waals surface area contributed by atoms with Crippen molar-refractivity contribution >= 4 is 27.5 Å². The molecule has 0 unspecified atom stereocenters. The summed E-state index contributed by atoms with van der Waals surface area (Å²) in [6.45, 7) is 1.16. The standard InChI is InChI=1S/C38H41F2N3O5S/c1-2-48-33-21-23-34(24-22-33)49(46,47)43(32-19-17-30(39)18-20-32)27-37(44)42(26-29-13-9-10-16-35(29)40)36(25-28-11-5-3-6-12-28)38(45)41-31-14-7-4-8-15-31/h3,5-6,9-13,16-24,31,36H,2,4,7-8,14-15,25-27H2,1H3,(H,41,45)/t36-/m1/s1. The number of hydrogen-bond donors (Lipinski definition) is 1. The third kappa shape index (κ3) is 9.23. The lowest BCUT2D eigenvalue weighted by Gasteiger charge is -2.35. The van der Waals surface area contributed by atoms with Crippen LogP contribution in [0.5, 0.6) is 5.75 Å². The van der Waals surface area contributed by atoms with E-state index in [2.05, 4.69) is 5.32 Å². The van der Waals surface area contributed by atoms with E-state index in [1.54, 1.807) is 13.0 Å². The van der Waals surface area contributed by atoms with Gasteiger partial charge in [0.05, 0.1) is 17.2 Å². The lowest BCUT2D eigenvalue weighted by atomic mass is 9.94. The quantitative estimate of drug-likeness (QED) is 0.160. The Balaban J connectivity index is 1.56. The van der Waals surface area contributed by atoms with Gasteiger partial charge in [0.15, 0.2) is 0 Å². The molecule has 4 aromatic carbocycles. The van der Waals surface area contributed by atoms with Crippen LogP contribution in [-0.2, 0) is 32.6 Å². The number of carbonyl (C=O) groups excluding carboxylic acids is 2. The third-order valence-electron chi connectivity index (χ3n) is 8.64. The number of ether oxygens (including phenoxy) is 1. The highest BCUT2D eigenvalue weighted by atomic mass is 32.2. The molecule has 258 valence electrons. The van der Waals surface area contributed by atoms with Crippen LogP contribution in [0.15, 0.2) is 108 Å². The van der Waals surface area contributed by atoms with Crippen LogP contribution in [0.4, 0.5) is 14.5 Å². The van der Waals surface area contributed by atoms with E-state index < -0.39 is 46.1 Å². The van der Waals surface area contributed by atoms with Gasteiger partial charge in [0.25, 0.3) is 10.0 Å². The Morgan fingerprint density at radius 3 is 2.16 bits per heavy atom. The fraction of sp³-hybridized carbons (Fsp3) is 0.316. The van der Waals surface area contributed by atoms with E-state index >= 15 is 4.39 Å². The average molecular weight is 690 g/mol. The smallest absolute Gasteiger partial charge is 0.264 e. The minimum atomic E-state index is -4.40. The molecule has 11 heteroatoms. The molecule has 5 rings (SSSR count). The van der Waals surface area contributed by atoms with Crippen LogP contribution in [0.2, 0.25) is 0 Å². The zero-order chi connectivity index (χ0) is 34.8. The van der Waals surface area contributed by atoms with Gasteiger partial charge in [-0.2, -0.15) is 0 Å². The molecule has 0 radical (unpaired) electrons. The Bertz CT molecular complexity index is 1800. The molecule has 1 fully saturated rings. The van der Waals surface area contributed by atoms with Gasteiger partial charge >= 0.3 is 0 Å². The normalized spacial score (nSPS) is 14.1. The van der Waals surface area contributed by atoms with Crippen molar-refractivity contribution in [2.45, 2.75) is 69.0 Å². The summed E-state index contributed by atoms with van der Waals surface area (Å²) in [5.74, 6) is -1.82. The van der Waals surface area contributed by atoms with Gasteiger partial charge in [0.1, 0.15) is 30.0 Å². The first-order valence-corrected chi connectivity index (χ1v) is 18.0. The Labute approximate surface area is 286 Å². The SMILES string of the molecule is CCOc1ccc(S(=O)(=O)N(CC(=O)N(Cc2ccccc2F)[C@H](Cc2ccccc2)C(=O)NC2CCCCC2)c2ccc(F)cc2)cc1. The lowest BCUT2D eigenvalue weighted by molar-refractivity contribution is -0.140. The highest BCUT2D eigenvalue weighted by Crippen LogP contribution is 2.27. The van der Waals surface area contributed by atoms with E-state index in [4.69, 9.17) is 4.74 Å². The lowest BCUT2D eigenvalue weighted by Crippen LogP contribution is -2.55. The highest BCUT2D eigenvalue weighted by Gasteiger charge is 2.36. The molecule has 0 heterocycles. The summed E-state index contributed by atoms with van der Waals surface area (Å²) in [7, 11) is -4.40. The van der Waals surface area contributed by atoms with Crippen LogP contribution < -0.4 is 14.4 Å². The molecule has 0 aliphatic heterocycles. The number of amides is 2. The summed E-state index contributed by atoms with van der Waals surface area (Å²) in [6.07, 6.45) is 4.76. The molecule has 49 heavy (non-hydrogen) atoms. The first-order chi connectivity index (χ1) is 23.7. The Morgan fingerprint density at radius 1 is 0.857 bits per heavy atom. The van der Waals surface area contributed by atoms with Crippen molar-refractivity contribution < 1.29 is 31.5 Å². The summed E-state index contributed by atoms with van der Waals surface area (Å²) in [5.41, 5.74) is 0.984. The van der Waals surface area contributed by atoms with Gasteiger partial charge in [-0.15, -0.1) is 0 Å². The van der Waals surface area contributed by atoms with Crippen LogP contribution >= 0.6 is 0 Å². The van der Waals surface area contributed by atoms with E-state index in [0.29, 0.717) is 12.4 Å². The summed E-state index contributed by atoms with van der Waals surface area (Å²) in [4.78, 5) is 29.9. The maximum atomic E-state index is 15.2. The van der Waals surface area contributed by atoms with Crippen LogP contribution in [0, 0.1) is 11.6 Å². The number of sulfonamides is 1. The molecule has 4 aromatic rings. The largest absolute Gasteiger partial charge is 0.494 e. The molecule has 8 nitrogen and oxygen atoms in total. The van der Waals surface area contributed by atoms with Gasteiger partial charge < -0.3 is 15.0 Å². The average Bonchev–Trinajstić information content (AvgIpc) is 3.11. The monoisotopic (exact) mass is 689 g/mol. The Hall–Kier alpha value is -4.77. The van der Waals surface area contributed by atoms with Crippen molar-refractivity contribution in [1.29, 1.82) is 0 Å². The van der Waals surface area contributed by atoms with Gasteiger partial charge in [-0.05, 0) is 79.9 Å². The van der Waals surface area contributed by atoms with Crippen LogP contribution in [-0.4, -0.2) is 50.4 Å². The minimum Gasteiger partial charge on any atom is -0.494 e. The molecule has 0 spiro atoms. The second kappa shape index (κ2) is 16.6. The minimum absolute atomic E-state index is 0.0424. The second-order valence-corrected chi connectivity index (χ2v) is 13.9. The number of nitrogens with one attached hydrogen (secondary N) is 1. The summed E-state index contributed by atoms with van der Waals surface area (Å²) in [5, 5.41) is 3.13. The first-order valence-electron chi connectivity index (χ1n) is 16.5. The zero-order valence-corrected chi connectivity index (χ0v) is 28.2. The molecule has 1 atom stereocenters. The second-order valence-electron chi connectivity index (χ2n) is 12.1. The van der Waals surface area contributed by atoms with Crippen LogP contribution in [0.3, 0.4) is 0 Å². The molecule has 0 aromatic heterocycles. The van der Waals surface area contributed by atoms with Crippen molar-refractivity contribution in [2.24, 2.45) is 0 Å².